The molecule has 4 rings (SSSR count). The summed E-state index contributed by atoms with van der Waals surface area (Å²) in [5.74, 6) is 2.49. The number of aryl methyl sites for hydroxylation is 2. The van der Waals surface area contributed by atoms with Crippen molar-refractivity contribution in [2.75, 3.05) is 60.3 Å². The van der Waals surface area contributed by atoms with E-state index < -0.39 is 0 Å². The molecule has 0 saturated carbocycles. The molecule has 0 unspecified atom stereocenters. The van der Waals surface area contributed by atoms with Gasteiger partial charge < -0.3 is 20.0 Å². The fraction of sp³-hybridized carbons (Fsp3) is 0.333. The van der Waals surface area contributed by atoms with Crippen LogP contribution < -0.4 is 20.0 Å². The minimum Gasteiger partial charge on any atom is -0.368 e. The van der Waals surface area contributed by atoms with Crippen LogP contribution in [-0.4, -0.2) is 50.2 Å². The van der Waals surface area contributed by atoms with Gasteiger partial charge in [0.1, 0.15) is 11.6 Å². The number of anilines is 5. The van der Waals surface area contributed by atoms with Gasteiger partial charge in [-0.05, 0) is 38.1 Å². The Bertz CT molecular complexity index is 974. The van der Waals surface area contributed by atoms with Gasteiger partial charge in [-0.1, -0.05) is 35.4 Å². The van der Waals surface area contributed by atoms with Crippen LogP contribution >= 0.6 is 0 Å². The summed E-state index contributed by atoms with van der Waals surface area (Å²) in [5, 5.41) is 3.43. The maximum Gasteiger partial charge on any atom is 0.229 e. The third-order valence-electron chi connectivity index (χ3n) is 5.44. The van der Waals surface area contributed by atoms with Crippen LogP contribution in [0.25, 0.3) is 0 Å². The molecule has 1 aliphatic heterocycles. The van der Waals surface area contributed by atoms with E-state index in [0.29, 0.717) is 0 Å². The Labute approximate surface area is 179 Å². The van der Waals surface area contributed by atoms with E-state index in [1.165, 1.54) is 16.8 Å². The zero-order chi connectivity index (χ0) is 21.1. The number of hydrogen-bond donors (Lipinski definition) is 1. The molecule has 1 N–H and O–H groups in total. The first kappa shape index (κ1) is 20.0. The Hall–Kier alpha value is -3.28. The molecule has 0 aliphatic carbocycles. The lowest BCUT2D eigenvalue weighted by atomic mass is 10.2. The van der Waals surface area contributed by atoms with Crippen LogP contribution in [0.15, 0.2) is 54.6 Å². The number of rotatable bonds is 5. The summed E-state index contributed by atoms with van der Waals surface area (Å²) in [5.41, 5.74) is 4.84. The van der Waals surface area contributed by atoms with Crippen LogP contribution in [0.3, 0.4) is 0 Å². The summed E-state index contributed by atoms with van der Waals surface area (Å²) in [4.78, 5) is 16.4. The second kappa shape index (κ2) is 8.61. The highest BCUT2D eigenvalue weighted by Gasteiger charge is 2.20. The van der Waals surface area contributed by atoms with E-state index in [2.05, 4.69) is 77.5 Å². The number of nitrogens with one attached hydrogen (secondary N) is 1. The van der Waals surface area contributed by atoms with E-state index in [1.807, 2.05) is 25.1 Å². The predicted octanol–water partition coefficient (Wildman–Crippen LogP) is 4.23. The van der Waals surface area contributed by atoms with E-state index in [0.717, 1.165) is 49.5 Å². The molecule has 1 aromatic heterocycles. The van der Waals surface area contributed by atoms with Crippen molar-refractivity contribution >= 4 is 29.0 Å². The van der Waals surface area contributed by atoms with E-state index >= 15 is 0 Å². The van der Waals surface area contributed by atoms with Crippen molar-refractivity contribution in [2.24, 2.45) is 0 Å². The molecule has 2 aromatic carbocycles. The summed E-state index contributed by atoms with van der Waals surface area (Å²) in [6.45, 7) is 7.92. The molecule has 6 nitrogen and oxygen atoms in total. The standard InChI is InChI=1S/C24H30N6/c1-18-5-9-20(10-6-18)25-22-17-23(28(3)4)27-24(26-22)30-15-13-29(14-16-30)21-11-7-19(2)8-12-21/h5-12,17H,13-16H2,1-4H3,(H,25,26,27). The molecule has 1 fully saturated rings. The molecule has 1 saturated heterocycles. The van der Waals surface area contributed by atoms with Crippen molar-refractivity contribution in [3.05, 3.63) is 65.7 Å². The monoisotopic (exact) mass is 402 g/mol. The average Bonchev–Trinajstić information content (AvgIpc) is 2.76. The van der Waals surface area contributed by atoms with Gasteiger partial charge in [0, 0.05) is 57.7 Å². The molecule has 0 bridgehead atoms. The Kier molecular flexibility index (Phi) is 5.74. The highest BCUT2D eigenvalue weighted by atomic mass is 15.3. The number of benzene rings is 2. The zero-order valence-electron chi connectivity index (χ0n) is 18.3. The Morgan fingerprint density at radius 2 is 1.33 bits per heavy atom. The Morgan fingerprint density at radius 1 is 0.767 bits per heavy atom. The van der Waals surface area contributed by atoms with Gasteiger partial charge in [0.15, 0.2) is 0 Å². The van der Waals surface area contributed by atoms with Crippen LogP contribution in [0.5, 0.6) is 0 Å². The molecule has 30 heavy (non-hydrogen) atoms. The van der Waals surface area contributed by atoms with E-state index in [-0.39, 0.29) is 0 Å². The van der Waals surface area contributed by atoms with Crippen molar-refractivity contribution in [2.45, 2.75) is 13.8 Å². The van der Waals surface area contributed by atoms with Crippen molar-refractivity contribution in [1.29, 1.82) is 0 Å². The molecule has 1 aliphatic rings. The fourth-order valence-corrected chi connectivity index (χ4v) is 3.56. The number of hydrogen-bond acceptors (Lipinski definition) is 6. The number of nitrogens with zero attached hydrogens (tertiary/aromatic N) is 5. The SMILES string of the molecule is Cc1ccc(Nc2cc(N(C)C)nc(N3CCN(c4ccc(C)cc4)CC3)n2)cc1. The minimum absolute atomic E-state index is 0.777. The summed E-state index contributed by atoms with van der Waals surface area (Å²) < 4.78 is 0. The number of aromatic nitrogens is 2. The quantitative estimate of drug-likeness (QED) is 0.689. The predicted molar refractivity (Wildman–Crippen MR) is 126 cm³/mol. The van der Waals surface area contributed by atoms with Gasteiger partial charge in [0.2, 0.25) is 5.95 Å². The highest BCUT2D eigenvalue weighted by Crippen LogP contribution is 2.24. The number of piperazine rings is 1. The second-order valence-corrected chi connectivity index (χ2v) is 8.11. The van der Waals surface area contributed by atoms with Gasteiger partial charge >= 0.3 is 0 Å². The lowest BCUT2D eigenvalue weighted by molar-refractivity contribution is 0.640. The minimum atomic E-state index is 0.777. The van der Waals surface area contributed by atoms with Gasteiger partial charge in [-0.15, -0.1) is 0 Å². The largest absolute Gasteiger partial charge is 0.368 e. The van der Waals surface area contributed by atoms with Crippen molar-refractivity contribution < 1.29 is 0 Å². The molecule has 2 heterocycles. The third kappa shape index (κ3) is 4.64. The van der Waals surface area contributed by atoms with Crippen molar-refractivity contribution in [3.8, 4) is 0 Å². The lowest BCUT2D eigenvalue weighted by Crippen LogP contribution is -2.47. The first-order valence-corrected chi connectivity index (χ1v) is 10.4. The zero-order valence-corrected chi connectivity index (χ0v) is 18.3. The van der Waals surface area contributed by atoms with Gasteiger partial charge in [-0.2, -0.15) is 9.97 Å². The van der Waals surface area contributed by atoms with E-state index in [1.54, 1.807) is 0 Å². The van der Waals surface area contributed by atoms with Crippen molar-refractivity contribution in [1.82, 2.24) is 9.97 Å². The Morgan fingerprint density at radius 3 is 1.93 bits per heavy atom. The molecule has 0 spiro atoms. The van der Waals surface area contributed by atoms with E-state index in [9.17, 15) is 0 Å². The van der Waals surface area contributed by atoms with Crippen LogP contribution in [0.1, 0.15) is 11.1 Å². The molecule has 156 valence electrons. The van der Waals surface area contributed by atoms with Gasteiger partial charge in [0.25, 0.3) is 0 Å². The van der Waals surface area contributed by atoms with Gasteiger partial charge in [0.05, 0.1) is 0 Å². The van der Waals surface area contributed by atoms with Crippen molar-refractivity contribution in [3.63, 3.8) is 0 Å². The molecular weight excluding hydrogens is 372 g/mol. The molecule has 0 radical (unpaired) electrons. The van der Waals surface area contributed by atoms with Gasteiger partial charge in [-0.3, -0.25) is 0 Å². The van der Waals surface area contributed by atoms with Crippen LogP contribution in [0, 0.1) is 13.8 Å². The average molecular weight is 403 g/mol. The molecular formula is C24H30N6. The maximum atomic E-state index is 4.83. The smallest absolute Gasteiger partial charge is 0.229 e. The summed E-state index contributed by atoms with van der Waals surface area (Å²) >= 11 is 0. The maximum absolute atomic E-state index is 4.83. The molecule has 3 aromatic rings. The van der Waals surface area contributed by atoms with Crippen LogP contribution in [0.4, 0.5) is 29.0 Å². The lowest BCUT2D eigenvalue weighted by Gasteiger charge is -2.36. The molecule has 6 heteroatoms. The first-order valence-electron chi connectivity index (χ1n) is 10.4. The van der Waals surface area contributed by atoms with Crippen LogP contribution in [0.2, 0.25) is 0 Å². The highest BCUT2D eigenvalue weighted by molar-refractivity contribution is 5.62. The third-order valence-corrected chi connectivity index (χ3v) is 5.44. The summed E-state index contributed by atoms with van der Waals surface area (Å²) in [6.07, 6.45) is 0. The second-order valence-electron chi connectivity index (χ2n) is 8.11. The molecule has 0 amide bonds. The summed E-state index contributed by atoms with van der Waals surface area (Å²) in [7, 11) is 4.02. The molecule has 0 atom stereocenters. The fourth-order valence-electron chi connectivity index (χ4n) is 3.56. The summed E-state index contributed by atoms with van der Waals surface area (Å²) in [6, 6.07) is 19.1. The van der Waals surface area contributed by atoms with E-state index in [4.69, 9.17) is 9.97 Å². The van der Waals surface area contributed by atoms with Gasteiger partial charge in [-0.25, -0.2) is 0 Å². The Balaban J connectivity index is 1.51. The normalized spacial score (nSPS) is 14.0. The first-order chi connectivity index (χ1) is 14.5. The van der Waals surface area contributed by atoms with Crippen LogP contribution in [-0.2, 0) is 0 Å². The topological polar surface area (TPSA) is 47.5 Å².